The Bertz CT molecular complexity index is 82.9. The summed E-state index contributed by atoms with van der Waals surface area (Å²) in [6, 6.07) is 0. The summed E-state index contributed by atoms with van der Waals surface area (Å²) in [5.74, 6) is 0.873. The highest BCUT2D eigenvalue weighted by molar-refractivity contribution is 4.61. The quantitative estimate of drug-likeness (QED) is 0.610. The van der Waals surface area contributed by atoms with E-state index in [0.717, 1.165) is 19.1 Å². The number of unbranched alkanes of at least 4 members (excludes halogenated alkanes) is 1. The van der Waals surface area contributed by atoms with Gasteiger partial charge < -0.3 is 4.74 Å². The lowest BCUT2D eigenvalue weighted by atomic mass is 9.98. The van der Waals surface area contributed by atoms with E-state index in [1.807, 2.05) is 0 Å². The summed E-state index contributed by atoms with van der Waals surface area (Å²) in [5.41, 5.74) is 0. The zero-order valence-electron chi connectivity index (χ0n) is 7.64. The number of rotatable bonds is 3. The zero-order valence-corrected chi connectivity index (χ0v) is 7.64. The van der Waals surface area contributed by atoms with Gasteiger partial charge in [0, 0.05) is 13.2 Å². The molecule has 0 saturated carbocycles. The van der Waals surface area contributed by atoms with Crippen LogP contribution in [0.15, 0.2) is 0 Å². The van der Waals surface area contributed by atoms with Crippen LogP contribution in [0.1, 0.15) is 45.4 Å². The van der Waals surface area contributed by atoms with Crippen molar-refractivity contribution in [2.75, 3.05) is 13.2 Å². The van der Waals surface area contributed by atoms with Crippen molar-refractivity contribution in [3.05, 3.63) is 0 Å². The van der Waals surface area contributed by atoms with Crippen LogP contribution in [0.4, 0.5) is 0 Å². The molecule has 66 valence electrons. The molecule has 0 bridgehead atoms. The Kier molecular flexibility index (Phi) is 4.60. The first-order valence-electron chi connectivity index (χ1n) is 5.01. The van der Waals surface area contributed by atoms with Crippen LogP contribution in [-0.2, 0) is 4.74 Å². The van der Waals surface area contributed by atoms with Gasteiger partial charge in [-0.2, -0.15) is 0 Å². The minimum atomic E-state index is 0.873. The third-order valence-electron chi connectivity index (χ3n) is 2.47. The Labute approximate surface area is 70.1 Å². The fourth-order valence-electron chi connectivity index (χ4n) is 1.69. The second-order valence-electron chi connectivity index (χ2n) is 3.58. The molecule has 1 nitrogen and oxygen atoms in total. The van der Waals surface area contributed by atoms with Crippen LogP contribution in [0, 0.1) is 5.92 Å². The maximum Gasteiger partial charge on any atom is 0.0494 e. The Balaban J connectivity index is 2.09. The first-order valence-corrected chi connectivity index (χ1v) is 5.01. The van der Waals surface area contributed by atoms with Crippen molar-refractivity contribution in [2.24, 2.45) is 5.92 Å². The fraction of sp³-hybridized carbons (Fsp3) is 1.00. The topological polar surface area (TPSA) is 9.23 Å². The molecule has 1 unspecified atom stereocenters. The van der Waals surface area contributed by atoms with E-state index in [9.17, 15) is 0 Å². The maximum absolute atomic E-state index is 5.50. The summed E-state index contributed by atoms with van der Waals surface area (Å²) in [6.07, 6.45) is 8.16. The summed E-state index contributed by atoms with van der Waals surface area (Å²) in [6.45, 7) is 4.29. The molecule has 0 aromatic heterocycles. The molecule has 0 aromatic carbocycles. The van der Waals surface area contributed by atoms with Gasteiger partial charge in [0.05, 0.1) is 0 Å². The molecule has 0 amide bonds. The molecule has 1 saturated heterocycles. The van der Waals surface area contributed by atoms with Crippen LogP contribution in [0.25, 0.3) is 0 Å². The van der Waals surface area contributed by atoms with Gasteiger partial charge in [0.25, 0.3) is 0 Å². The third-order valence-corrected chi connectivity index (χ3v) is 2.47. The number of hydrogen-bond acceptors (Lipinski definition) is 1. The van der Waals surface area contributed by atoms with Crippen molar-refractivity contribution in [2.45, 2.75) is 45.4 Å². The molecule has 1 heterocycles. The molecule has 11 heavy (non-hydrogen) atoms. The first-order chi connectivity index (χ1) is 5.43. The maximum atomic E-state index is 5.50. The van der Waals surface area contributed by atoms with Crippen molar-refractivity contribution in [1.82, 2.24) is 0 Å². The van der Waals surface area contributed by atoms with Gasteiger partial charge in [-0.25, -0.2) is 0 Å². The second-order valence-corrected chi connectivity index (χ2v) is 3.58. The Morgan fingerprint density at radius 1 is 1.36 bits per heavy atom. The van der Waals surface area contributed by atoms with Crippen LogP contribution in [0.5, 0.6) is 0 Å². The largest absolute Gasteiger partial charge is 0.381 e. The normalized spacial score (nSPS) is 26.5. The van der Waals surface area contributed by atoms with Crippen LogP contribution in [0.3, 0.4) is 0 Å². The van der Waals surface area contributed by atoms with E-state index in [4.69, 9.17) is 4.74 Å². The van der Waals surface area contributed by atoms with E-state index in [0.29, 0.717) is 0 Å². The molecule has 1 aliphatic heterocycles. The van der Waals surface area contributed by atoms with Gasteiger partial charge in [0.15, 0.2) is 0 Å². The van der Waals surface area contributed by atoms with Gasteiger partial charge in [-0.1, -0.05) is 26.2 Å². The van der Waals surface area contributed by atoms with E-state index in [2.05, 4.69) is 6.92 Å². The molecule has 0 aliphatic carbocycles. The van der Waals surface area contributed by atoms with Crippen LogP contribution < -0.4 is 0 Å². The van der Waals surface area contributed by atoms with Crippen molar-refractivity contribution in [3.63, 3.8) is 0 Å². The van der Waals surface area contributed by atoms with Gasteiger partial charge in [-0.3, -0.25) is 0 Å². The molecule has 0 spiro atoms. The van der Waals surface area contributed by atoms with Crippen LogP contribution in [-0.4, -0.2) is 13.2 Å². The average Bonchev–Trinajstić information content (AvgIpc) is 2.28. The summed E-state index contributed by atoms with van der Waals surface area (Å²) < 4.78 is 5.50. The van der Waals surface area contributed by atoms with Crippen molar-refractivity contribution in [3.8, 4) is 0 Å². The lowest BCUT2D eigenvalue weighted by Gasteiger charge is -2.11. The van der Waals surface area contributed by atoms with Crippen molar-refractivity contribution < 1.29 is 4.74 Å². The van der Waals surface area contributed by atoms with Gasteiger partial charge >= 0.3 is 0 Å². The van der Waals surface area contributed by atoms with Crippen LogP contribution >= 0.6 is 0 Å². The van der Waals surface area contributed by atoms with Gasteiger partial charge in [0.1, 0.15) is 0 Å². The number of ether oxygens (including phenoxy) is 1. The smallest absolute Gasteiger partial charge is 0.0494 e. The molecule has 0 radical (unpaired) electrons. The monoisotopic (exact) mass is 156 g/mol. The molecule has 0 aromatic rings. The third kappa shape index (κ3) is 3.76. The Morgan fingerprint density at radius 3 is 3.09 bits per heavy atom. The average molecular weight is 156 g/mol. The lowest BCUT2D eigenvalue weighted by molar-refractivity contribution is 0.112. The molecule has 0 N–H and O–H groups in total. The molecule has 1 atom stereocenters. The highest BCUT2D eigenvalue weighted by Crippen LogP contribution is 2.19. The summed E-state index contributed by atoms with van der Waals surface area (Å²) in [4.78, 5) is 0. The van der Waals surface area contributed by atoms with Gasteiger partial charge in [-0.15, -0.1) is 0 Å². The highest BCUT2D eigenvalue weighted by Gasteiger charge is 2.11. The zero-order chi connectivity index (χ0) is 7.94. The summed E-state index contributed by atoms with van der Waals surface area (Å²) in [5, 5.41) is 0. The van der Waals surface area contributed by atoms with E-state index in [1.54, 1.807) is 0 Å². The minimum Gasteiger partial charge on any atom is -0.381 e. The molecule has 1 heteroatoms. The van der Waals surface area contributed by atoms with E-state index in [1.165, 1.54) is 38.5 Å². The standard InChI is InChI=1S/C10H20O/c1-2-3-6-10-7-4-5-8-11-9-10/h10H,2-9H2,1H3. The highest BCUT2D eigenvalue weighted by atomic mass is 16.5. The second kappa shape index (κ2) is 5.59. The van der Waals surface area contributed by atoms with Gasteiger partial charge in [0.2, 0.25) is 0 Å². The van der Waals surface area contributed by atoms with Crippen molar-refractivity contribution in [1.29, 1.82) is 0 Å². The van der Waals surface area contributed by atoms with E-state index < -0.39 is 0 Å². The number of hydrogen-bond donors (Lipinski definition) is 0. The molecule has 1 aliphatic rings. The first kappa shape index (κ1) is 9.05. The van der Waals surface area contributed by atoms with Crippen LogP contribution in [0.2, 0.25) is 0 Å². The SMILES string of the molecule is CCCCC1CCCCOC1. The fourth-order valence-corrected chi connectivity index (χ4v) is 1.69. The Morgan fingerprint density at radius 2 is 2.27 bits per heavy atom. The van der Waals surface area contributed by atoms with E-state index in [-0.39, 0.29) is 0 Å². The predicted octanol–water partition coefficient (Wildman–Crippen LogP) is 2.99. The molecular formula is C10H20O. The molecule has 1 rings (SSSR count). The van der Waals surface area contributed by atoms with E-state index >= 15 is 0 Å². The minimum absolute atomic E-state index is 0.873. The molecular weight excluding hydrogens is 136 g/mol. The lowest BCUT2D eigenvalue weighted by Crippen LogP contribution is -2.06. The molecule has 1 fully saturated rings. The predicted molar refractivity (Wildman–Crippen MR) is 47.7 cm³/mol. The summed E-state index contributed by atoms with van der Waals surface area (Å²) >= 11 is 0. The summed E-state index contributed by atoms with van der Waals surface area (Å²) in [7, 11) is 0. The Hall–Kier alpha value is -0.0400. The van der Waals surface area contributed by atoms with Gasteiger partial charge in [-0.05, 0) is 25.2 Å². The van der Waals surface area contributed by atoms with Crippen molar-refractivity contribution >= 4 is 0 Å².